The van der Waals surface area contributed by atoms with Gasteiger partial charge in [-0.2, -0.15) is 0 Å². The van der Waals surface area contributed by atoms with E-state index in [1.807, 2.05) is 34.9 Å². The molecule has 1 aliphatic heterocycles. The molecule has 5 rings (SSSR count). The van der Waals surface area contributed by atoms with Gasteiger partial charge in [-0.1, -0.05) is 43.7 Å². The molecule has 0 amide bonds. The molecule has 4 heterocycles. The highest BCUT2D eigenvalue weighted by atomic mass is 16.5. The van der Waals surface area contributed by atoms with Crippen molar-refractivity contribution in [3.63, 3.8) is 0 Å². The Morgan fingerprint density at radius 3 is 2.47 bits per heavy atom. The fourth-order valence-corrected chi connectivity index (χ4v) is 4.20. The van der Waals surface area contributed by atoms with Gasteiger partial charge in [-0.05, 0) is 12.0 Å². The lowest BCUT2D eigenvalue weighted by molar-refractivity contribution is 0.122. The number of nitrogens with one attached hydrogen (secondary N) is 1. The Morgan fingerprint density at radius 1 is 1.03 bits per heavy atom. The summed E-state index contributed by atoms with van der Waals surface area (Å²) in [5.41, 5.74) is 1.55. The predicted molar refractivity (Wildman–Crippen MR) is 129 cm³/mol. The second-order valence-electron chi connectivity index (χ2n) is 8.31. The minimum atomic E-state index is -0.451. The van der Waals surface area contributed by atoms with E-state index in [4.69, 9.17) is 9.72 Å². The zero-order valence-corrected chi connectivity index (χ0v) is 19.1. The first-order valence-corrected chi connectivity index (χ1v) is 11.6. The molecular formula is C24H27N7O3. The van der Waals surface area contributed by atoms with Gasteiger partial charge in [0.2, 0.25) is 5.95 Å². The number of benzene rings is 1. The van der Waals surface area contributed by atoms with Crippen molar-refractivity contribution in [2.75, 3.05) is 31.2 Å². The third-order valence-corrected chi connectivity index (χ3v) is 5.99. The predicted octanol–water partition coefficient (Wildman–Crippen LogP) is 2.03. The van der Waals surface area contributed by atoms with Gasteiger partial charge in [-0.25, -0.2) is 19.7 Å². The van der Waals surface area contributed by atoms with Gasteiger partial charge in [0.1, 0.15) is 5.82 Å². The Labute approximate surface area is 195 Å². The zero-order valence-electron chi connectivity index (χ0n) is 19.1. The average molecular weight is 462 g/mol. The maximum atomic E-state index is 13.0. The minimum Gasteiger partial charge on any atom is -0.378 e. The molecular weight excluding hydrogens is 434 g/mol. The molecule has 10 nitrogen and oxygen atoms in total. The van der Waals surface area contributed by atoms with Crippen molar-refractivity contribution in [1.82, 2.24) is 29.1 Å². The third kappa shape index (κ3) is 4.24. The second-order valence-corrected chi connectivity index (χ2v) is 8.31. The first-order valence-electron chi connectivity index (χ1n) is 11.6. The second kappa shape index (κ2) is 9.60. The molecule has 1 aromatic carbocycles. The Hall–Kier alpha value is -3.79. The van der Waals surface area contributed by atoms with Gasteiger partial charge in [0.05, 0.1) is 18.8 Å². The summed E-state index contributed by atoms with van der Waals surface area (Å²) in [6.45, 7) is 5.74. The van der Waals surface area contributed by atoms with E-state index >= 15 is 0 Å². The van der Waals surface area contributed by atoms with E-state index < -0.39 is 11.2 Å². The number of aryl methyl sites for hydroxylation is 1. The summed E-state index contributed by atoms with van der Waals surface area (Å²) in [7, 11) is 0. The van der Waals surface area contributed by atoms with Crippen molar-refractivity contribution in [3.05, 3.63) is 69.1 Å². The summed E-state index contributed by atoms with van der Waals surface area (Å²) in [6.07, 6.45) is 5.17. The van der Waals surface area contributed by atoms with Gasteiger partial charge in [-0.15, -0.1) is 0 Å². The Kier molecular flexibility index (Phi) is 6.22. The summed E-state index contributed by atoms with van der Waals surface area (Å²) < 4.78 is 8.80. The number of anilines is 1. The van der Waals surface area contributed by atoms with Crippen molar-refractivity contribution in [1.29, 1.82) is 0 Å². The molecule has 0 radical (unpaired) electrons. The molecule has 0 saturated carbocycles. The van der Waals surface area contributed by atoms with E-state index in [-0.39, 0.29) is 0 Å². The zero-order chi connectivity index (χ0) is 23.5. The quantitative estimate of drug-likeness (QED) is 0.448. The van der Waals surface area contributed by atoms with Gasteiger partial charge in [0, 0.05) is 38.6 Å². The summed E-state index contributed by atoms with van der Waals surface area (Å²) in [5, 5.41) is 0. The number of aromatic nitrogens is 6. The lowest BCUT2D eigenvalue weighted by Crippen LogP contribution is -2.37. The van der Waals surface area contributed by atoms with Crippen LogP contribution in [0.1, 0.15) is 25.3 Å². The number of hydrogen-bond donors (Lipinski definition) is 1. The molecule has 10 heteroatoms. The van der Waals surface area contributed by atoms with Crippen molar-refractivity contribution in [3.8, 4) is 11.4 Å². The average Bonchev–Trinajstić information content (AvgIpc) is 3.24. The van der Waals surface area contributed by atoms with E-state index in [9.17, 15) is 9.59 Å². The van der Waals surface area contributed by atoms with E-state index in [1.54, 1.807) is 17.0 Å². The number of morpholine rings is 1. The van der Waals surface area contributed by atoms with E-state index in [0.717, 1.165) is 31.5 Å². The Balaban J connectivity index is 1.65. The molecule has 1 aliphatic rings. The van der Waals surface area contributed by atoms with E-state index in [2.05, 4.69) is 26.8 Å². The molecule has 0 spiro atoms. The van der Waals surface area contributed by atoms with Crippen LogP contribution in [-0.4, -0.2) is 55.4 Å². The van der Waals surface area contributed by atoms with Crippen LogP contribution < -0.4 is 16.1 Å². The first-order chi connectivity index (χ1) is 16.7. The fraction of sp³-hybridized carbons (Fsp3) is 0.375. The normalized spacial score (nSPS) is 14.1. The number of rotatable bonds is 7. The molecule has 1 fully saturated rings. The van der Waals surface area contributed by atoms with Crippen LogP contribution in [0.25, 0.3) is 22.6 Å². The summed E-state index contributed by atoms with van der Waals surface area (Å²) in [4.78, 5) is 44.0. The molecule has 0 unspecified atom stereocenters. The number of H-pyrrole nitrogens is 1. The maximum Gasteiger partial charge on any atom is 0.330 e. The number of unbranched alkanes of at least 4 members (excludes halogenated alkanes) is 1. The highest BCUT2D eigenvalue weighted by molar-refractivity contribution is 5.77. The molecule has 3 aromatic heterocycles. The van der Waals surface area contributed by atoms with Crippen LogP contribution in [0.15, 0.2) is 52.3 Å². The van der Waals surface area contributed by atoms with Crippen LogP contribution in [0.3, 0.4) is 0 Å². The van der Waals surface area contributed by atoms with Gasteiger partial charge >= 0.3 is 5.69 Å². The highest BCUT2D eigenvalue weighted by Gasteiger charge is 2.21. The summed E-state index contributed by atoms with van der Waals surface area (Å²) in [5.74, 6) is 1.18. The van der Waals surface area contributed by atoms with Crippen molar-refractivity contribution >= 4 is 17.1 Å². The van der Waals surface area contributed by atoms with Crippen LogP contribution in [0, 0.1) is 0 Å². The maximum absolute atomic E-state index is 13.0. The SMILES string of the molecule is CCCCn1c(=O)[nH]c(=O)c2c1nc(-c1cnc(N3CCOCC3)nc1)n2Cc1ccccc1. The van der Waals surface area contributed by atoms with Gasteiger partial charge in [0.15, 0.2) is 11.2 Å². The number of ether oxygens (including phenoxy) is 1. The molecule has 0 atom stereocenters. The number of aromatic amines is 1. The van der Waals surface area contributed by atoms with Crippen LogP contribution >= 0.6 is 0 Å². The molecule has 4 aromatic rings. The minimum absolute atomic E-state index is 0.367. The van der Waals surface area contributed by atoms with Crippen LogP contribution in [-0.2, 0) is 17.8 Å². The monoisotopic (exact) mass is 461 g/mol. The van der Waals surface area contributed by atoms with E-state index in [1.165, 1.54) is 0 Å². The smallest absolute Gasteiger partial charge is 0.330 e. The molecule has 1 N–H and O–H groups in total. The largest absolute Gasteiger partial charge is 0.378 e. The highest BCUT2D eigenvalue weighted by Crippen LogP contribution is 2.24. The number of hydrogen-bond acceptors (Lipinski definition) is 7. The van der Waals surface area contributed by atoms with Gasteiger partial charge < -0.3 is 14.2 Å². The lowest BCUT2D eigenvalue weighted by Gasteiger charge is -2.26. The lowest BCUT2D eigenvalue weighted by atomic mass is 10.2. The van der Waals surface area contributed by atoms with Crippen molar-refractivity contribution in [2.45, 2.75) is 32.9 Å². The first kappa shape index (κ1) is 22.0. The summed E-state index contributed by atoms with van der Waals surface area (Å²) >= 11 is 0. The number of imidazole rings is 1. The van der Waals surface area contributed by atoms with Crippen LogP contribution in [0.2, 0.25) is 0 Å². The number of nitrogens with zero attached hydrogens (tertiary/aromatic N) is 6. The topological polar surface area (TPSA) is 111 Å². The third-order valence-electron chi connectivity index (χ3n) is 5.99. The number of fused-ring (bicyclic) bond motifs is 1. The van der Waals surface area contributed by atoms with Gasteiger partial charge in [0.25, 0.3) is 5.56 Å². The van der Waals surface area contributed by atoms with Crippen LogP contribution in [0.4, 0.5) is 5.95 Å². The Bertz CT molecular complexity index is 1380. The molecule has 1 saturated heterocycles. The fourth-order valence-electron chi connectivity index (χ4n) is 4.20. The van der Waals surface area contributed by atoms with Crippen LogP contribution in [0.5, 0.6) is 0 Å². The van der Waals surface area contributed by atoms with Gasteiger partial charge in [-0.3, -0.25) is 14.3 Å². The standard InChI is InChI=1S/C24H27N7O3/c1-2-3-9-30-21-19(22(32)28-24(30)33)31(16-17-7-5-4-6-8-17)20(27-21)18-14-25-23(26-15-18)29-10-12-34-13-11-29/h4-8,14-15H,2-3,9-13,16H2,1H3,(H,28,32,33). The van der Waals surface area contributed by atoms with E-state index in [0.29, 0.717) is 54.8 Å². The molecule has 34 heavy (non-hydrogen) atoms. The van der Waals surface area contributed by atoms with Crippen molar-refractivity contribution < 1.29 is 4.74 Å². The summed E-state index contributed by atoms with van der Waals surface area (Å²) in [6, 6.07) is 9.85. The van der Waals surface area contributed by atoms with Crippen molar-refractivity contribution in [2.24, 2.45) is 0 Å². The molecule has 176 valence electrons. The Morgan fingerprint density at radius 2 is 1.76 bits per heavy atom. The molecule has 0 aliphatic carbocycles. The molecule has 0 bridgehead atoms.